The molecule has 0 radical (unpaired) electrons. The van der Waals surface area contributed by atoms with Crippen molar-refractivity contribution >= 4 is 43.9 Å². The topological polar surface area (TPSA) is 65.0 Å². The number of fused-ring (bicyclic) bond motifs is 9. The predicted molar refractivity (Wildman–Crippen MR) is 214 cm³/mol. The van der Waals surface area contributed by atoms with E-state index >= 15 is 0 Å². The average molecular weight is 682 g/mol. The van der Waals surface area contributed by atoms with E-state index in [0.717, 1.165) is 71.7 Å². The molecular formula is C48H31N3O2. The molecule has 11 rings (SSSR count). The van der Waals surface area contributed by atoms with Gasteiger partial charge in [-0.1, -0.05) is 129 Å². The van der Waals surface area contributed by atoms with Crippen LogP contribution < -0.4 is 0 Å². The van der Waals surface area contributed by atoms with Gasteiger partial charge in [0, 0.05) is 43.7 Å². The van der Waals surface area contributed by atoms with Gasteiger partial charge in [-0.2, -0.15) is 0 Å². The van der Waals surface area contributed by atoms with E-state index in [0.29, 0.717) is 17.5 Å². The van der Waals surface area contributed by atoms with Gasteiger partial charge < -0.3 is 8.83 Å². The van der Waals surface area contributed by atoms with Gasteiger partial charge >= 0.3 is 0 Å². The summed E-state index contributed by atoms with van der Waals surface area (Å²) in [4.78, 5) is 15.2. The zero-order valence-electron chi connectivity index (χ0n) is 29.1. The lowest BCUT2D eigenvalue weighted by atomic mass is 9.82. The highest BCUT2D eigenvalue weighted by molar-refractivity contribution is 6.19. The Kier molecular flexibility index (Phi) is 6.23. The maximum atomic E-state index is 6.60. The zero-order chi connectivity index (χ0) is 35.3. The SMILES string of the molecule is CC1(C)c2ccccc2-c2ccc(-c3nc(-c4ccccc4)nc(-c4ccc5c(c4)oc4cccc(-c6cccc7oc8ccccc8c67)c45)n3)cc21. The van der Waals surface area contributed by atoms with Crippen LogP contribution in [0.3, 0.4) is 0 Å². The van der Waals surface area contributed by atoms with Crippen molar-refractivity contribution < 1.29 is 8.83 Å². The first-order valence-electron chi connectivity index (χ1n) is 17.9. The molecule has 1 aliphatic carbocycles. The molecule has 0 unspecified atom stereocenters. The van der Waals surface area contributed by atoms with Crippen LogP contribution in [0, 0.1) is 0 Å². The molecule has 0 amide bonds. The smallest absolute Gasteiger partial charge is 0.164 e. The number of furan rings is 2. The number of aromatic nitrogens is 3. The molecule has 0 spiro atoms. The molecule has 10 aromatic rings. The summed E-state index contributed by atoms with van der Waals surface area (Å²) in [6.45, 7) is 4.59. The second-order valence-electron chi connectivity index (χ2n) is 14.4. The number of rotatable bonds is 4. The van der Waals surface area contributed by atoms with Crippen LogP contribution in [0.4, 0.5) is 0 Å². The summed E-state index contributed by atoms with van der Waals surface area (Å²) in [5, 5.41) is 4.30. The van der Waals surface area contributed by atoms with Crippen LogP contribution in [0.25, 0.3) is 100 Å². The number of hydrogen-bond acceptors (Lipinski definition) is 5. The summed E-state index contributed by atoms with van der Waals surface area (Å²) in [5.74, 6) is 1.85. The van der Waals surface area contributed by atoms with E-state index in [9.17, 15) is 0 Å². The Morgan fingerprint density at radius 2 is 0.906 bits per heavy atom. The Morgan fingerprint density at radius 1 is 0.377 bits per heavy atom. The number of benzene rings is 7. The van der Waals surface area contributed by atoms with Gasteiger partial charge in [0.25, 0.3) is 0 Å². The predicted octanol–water partition coefficient (Wildman–Crippen LogP) is 12.6. The zero-order valence-corrected chi connectivity index (χ0v) is 29.1. The standard InChI is InChI=1S/C48H31N3O2/c1-48(2)37-18-8-6-14-31(37)32-24-22-29(26-38(32)48)46-49-45(28-12-4-3-5-13-28)50-47(51-46)30-23-25-36-42(27-30)53-41-21-11-17-34(44(36)41)33-16-10-20-40-43(33)35-15-7-9-19-39(35)52-40/h3-27H,1-2H3. The van der Waals surface area contributed by atoms with Gasteiger partial charge in [-0.15, -0.1) is 0 Å². The molecule has 0 fully saturated rings. The van der Waals surface area contributed by atoms with Gasteiger partial charge in [-0.3, -0.25) is 0 Å². The highest BCUT2D eigenvalue weighted by Gasteiger charge is 2.35. The molecule has 0 bridgehead atoms. The van der Waals surface area contributed by atoms with E-state index in [-0.39, 0.29) is 5.41 Å². The second-order valence-corrected chi connectivity index (χ2v) is 14.4. The lowest BCUT2D eigenvalue weighted by molar-refractivity contribution is 0.660. The van der Waals surface area contributed by atoms with E-state index < -0.39 is 0 Å². The first-order chi connectivity index (χ1) is 26.0. The summed E-state index contributed by atoms with van der Waals surface area (Å²) in [7, 11) is 0. The van der Waals surface area contributed by atoms with Crippen molar-refractivity contribution in [2.75, 3.05) is 0 Å². The molecule has 250 valence electrons. The Hall–Kier alpha value is -6.85. The fraction of sp³-hybridized carbons (Fsp3) is 0.0625. The van der Waals surface area contributed by atoms with Crippen molar-refractivity contribution in [2.45, 2.75) is 19.3 Å². The van der Waals surface area contributed by atoms with Gasteiger partial charge in [0.1, 0.15) is 22.3 Å². The Balaban J connectivity index is 1.07. The Labute approximate surface area is 305 Å². The molecule has 53 heavy (non-hydrogen) atoms. The molecule has 5 nitrogen and oxygen atoms in total. The van der Waals surface area contributed by atoms with Crippen LogP contribution >= 0.6 is 0 Å². The summed E-state index contributed by atoms with van der Waals surface area (Å²) in [5.41, 5.74) is 13.3. The molecule has 1 aliphatic rings. The quantitative estimate of drug-likeness (QED) is 0.185. The fourth-order valence-electron chi connectivity index (χ4n) is 8.38. The second kappa shape index (κ2) is 11.1. The Bertz CT molecular complexity index is 3100. The molecule has 0 saturated carbocycles. The summed E-state index contributed by atoms with van der Waals surface area (Å²) in [6, 6.07) is 52.5. The number of nitrogens with zero attached hydrogens (tertiary/aromatic N) is 3. The van der Waals surface area contributed by atoms with Crippen LogP contribution in [0.2, 0.25) is 0 Å². The van der Waals surface area contributed by atoms with Crippen molar-refractivity contribution in [3.05, 3.63) is 163 Å². The molecule has 0 saturated heterocycles. The third kappa shape index (κ3) is 4.47. The largest absolute Gasteiger partial charge is 0.456 e. The van der Waals surface area contributed by atoms with Crippen molar-refractivity contribution in [2.24, 2.45) is 0 Å². The lowest BCUT2D eigenvalue weighted by Gasteiger charge is -2.21. The molecule has 0 aliphatic heterocycles. The fourth-order valence-corrected chi connectivity index (χ4v) is 8.38. The van der Waals surface area contributed by atoms with Crippen LogP contribution in [-0.2, 0) is 5.41 Å². The summed E-state index contributed by atoms with van der Waals surface area (Å²) < 4.78 is 12.8. The molecule has 0 atom stereocenters. The van der Waals surface area contributed by atoms with Gasteiger partial charge in [-0.25, -0.2) is 15.0 Å². The van der Waals surface area contributed by atoms with Crippen molar-refractivity contribution in [1.82, 2.24) is 15.0 Å². The Morgan fingerprint density at radius 3 is 1.66 bits per heavy atom. The first kappa shape index (κ1) is 29.8. The first-order valence-corrected chi connectivity index (χ1v) is 17.9. The van der Waals surface area contributed by atoms with E-state index in [1.54, 1.807) is 0 Å². The molecule has 3 aromatic heterocycles. The van der Waals surface area contributed by atoms with Crippen LogP contribution in [-0.4, -0.2) is 15.0 Å². The van der Waals surface area contributed by atoms with Crippen molar-refractivity contribution in [1.29, 1.82) is 0 Å². The molecule has 0 N–H and O–H groups in total. The molecule has 5 heteroatoms. The van der Waals surface area contributed by atoms with Gasteiger partial charge in [0.15, 0.2) is 17.5 Å². The summed E-state index contributed by atoms with van der Waals surface area (Å²) >= 11 is 0. The average Bonchev–Trinajstić information content (AvgIpc) is 3.85. The number of hydrogen-bond donors (Lipinski definition) is 0. The minimum atomic E-state index is -0.137. The van der Waals surface area contributed by atoms with Crippen molar-refractivity contribution in [3.63, 3.8) is 0 Å². The summed E-state index contributed by atoms with van der Waals surface area (Å²) in [6.07, 6.45) is 0. The van der Waals surface area contributed by atoms with Gasteiger partial charge in [-0.05, 0) is 69.8 Å². The van der Waals surface area contributed by atoms with E-state index in [2.05, 4.69) is 111 Å². The van der Waals surface area contributed by atoms with E-state index in [4.69, 9.17) is 23.8 Å². The minimum absolute atomic E-state index is 0.137. The number of para-hydroxylation sites is 1. The van der Waals surface area contributed by atoms with E-state index in [1.807, 2.05) is 54.6 Å². The molecular weight excluding hydrogens is 651 g/mol. The van der Waals surface area contributed by atoms with Crippen LogP contribution in [0.1, 0.15) is 25.0 Å². The maximum absolute atomic E-state index is 6.60. The highest BCUT2D eigenvalue weighted by atomic mass is 16.3. The van der Waals surface area contributed by atoms with Gasteiger partial charge in [0.2, 0.25) is 0 Å². The minimum Gasteiger partial charge on any atom is -0.456 e. The molecule has 7 aromatic carbocycles. The maximum Gasteiger partial charge on any atom is 0.164 e. The third-order valence-corrected chi connectivity index (χ3v) is 11.0. The van der Waals surface area contributed by atoms with E-state index in [1.165, 1.54) is 22.3 Å². The van der Waals surface area contributed by atoms with Crippen LogP contribution in [0.15, 0.2) is 160 Å². The third-order valence-electron chi connectivity index (χ3n) is 11.0. The normalized spacial score (nSPS) is 13.2. The van der Waals surface area contributed by atoms with Crippen LogP contribution in [0.5, 0.6) is 0 Å². The highest BCUT2D eigenvalue weighted by Crippen LogP contribution is 2.49. The lowest BCUT2D eigenvalue weighted by Crippen LogP contribution is -2.15. The monoisotopic (exact) mass is 681 g/mol. The van der Waals surface area contributed by atoms with Crippen molar-refractivity contribution in [3.8, 4) is 56.4 Å². The molecule has 3 heterocycles. The van der Waals surface area contributed by atoms with Gasteiger partial charge in [0.05, 0.1) is 0 Å².